The molecular formula is C7H5FOSi. The first kappa shape index (κ1) is 7.15. The molecule has 1 aromatic rings. The molecule has 0 saturated carbocycles. The molecule has 50 valence electrons. The molecule has 1 rings (SSSR count). The fraction of sp³-hybridized carbons (Fsp3) is 0. The first-order valence-electron chi connectivity index (χ1n) is 2.79. The molecule has 0 heterocycles. The minimum absolute atomic E-state index is 0.448. The van der Waals surface area contributed by atoms with Crippen LogP contribution >= 0.6 is 0 Å². The van der Waals surface area contributed by atoms with E-state index in [-0.39, 0.29) is 0 Å². The summed E-state index contributed by atoms with van der Waals surface area (Å²) in [6, 6.07) is 6.65. The van der Waals surface area contributed by atoms with Crippen molar-refractivity contribution < 1.29 is 8.90 Å². The third-order valence-corrected chi connectivity index (χ3v) is 1.85. The van der Waals surface area contributed by atoms with Crippen LogP contribution in [0.5, 0.6) is 0 Å². The van der Waals surface area contributed by atoms with Crippen molar-refractivity contribution >= 4 is 21.3 Å². The van der Waals surface area contributed by atoms with Crippen LogP contribution in [0.15, 0.2) is 24.3 Å². The van der Waals surface area contributed by atoms with Crippen molar-refractivity contribution in [3.8, 4) is 0 Å². The van der Waals surface area contributed by atoms with E-state index in [2.05, 4.69) is 0 Å². The number of benzene rings is 1. The van der Waals surface area contributed by atoms with E-state index >= 15 is 0 Å². The second kappa shape index (κ2) is 3.27. The van der Waals surface area contributed by atoms with Crippen LogP contribution in [0.1, 0.15) is 10.4 Å². The van der Waals surface area contributed by atoms with Crippen LogP contribution in [-0.2, 0) is 0 Å². The van der Waals surface area contributed by atoms with Gasteiger partial charge in [0.2, 0.25) is 0 Å². The molecule has 0 N–H and O–H groups in total. The lowest BCUT2D eigenvalue weighted by atomic mass is 10.2. The van der Waals surface area contributed by atoms with E-state index in [0.29, 0.717) is 17.0 Å². The quantitative estimate of drug-likeness (QED) is 0.346. The molecule has 2 radical (unpaired) electrons. The highest BCUT2D eigenvalue weighted by molar-refractivity contribution is 6.48. The highest BCUT2D eigenvalue weighted by Gasteiger charge is 1.99. The Morgan fingerprint density at radius 2 is 2.10 bits per heavy atom. The second-order valence-electron chi connectivity index (χ2n) is 1.80. The summed E-state index contributed by atoms with van der Waals surface area (Å²) >= 11 is 0. The van der Waals surface area contributed by atoms with Crippen molar-refractivity contribution in [1.82, 2.24) is 0 Å². The first-order valence-corrected chi connectivity index (χ1v) is 3.67. The third kappa shape index (κ3) is 1.30. The van der Waals surface area contributed by atoms with Crippen LogP contribution in [0, 0.1) is 0 Å². The van der Waals surface area contributed by atoms with Gasteiger partial charge in [0.25, 0.3) is 0 Å². The Hall–Kier alpha value is -0.963. The summed E-state index contributed by atoms with van der Waals surface area (Å²) in [7, 11) is -0.796. The largest absolute Gasteiger partial charge is 0.334 e. The van der Waals surface area contributed by atoms with E-state index in [9.17, 15) is 8.90 Å². The molecular weight excluding hydrogens is 147 g/mol. The Bertz CT molecular complexity index is 237. The molecule has 0 spiro atoms. The van der Waals surface area contributed by atoms with Gasteiger partial charge in [-0.1, -0.05) is 24.3 Å². The fourth-order valence-electron chi connectivity index (χ4n) is 0.686. The molecule has 0 aliphatic rings. The lowest BCUT2D eigenvalue weighted by Crippen LogP contribution is -2.14. The molecule has 0 aromatic heterocycles. The van der Waals surface area contributed by atoms with Gasteiger partial charge in [0.05, 0.1) is 0 Å². The minimum atomic E-state index is -0.796. The number of carbonyl (C=O) groups is 1. The van der Waals surface area contributed by atoms with Crippen LogP contribution in [0.4, 0.5) is 4.11 Å². The van der Waals surface area contributed by atoms with E-state index in [4.69, 9.17) is 0 Å². The maximum atomic E-state index is 12.0. The first-order chi connectivity index (χ1) is 4.88. The molecule has 1 nitrogen and oxygen atoms in total. The van der Waals surface area contributed by atoms with Gasteiger partial charge in [-0.15, -0.1) is 0 Å². The van der Waals surface area contributed by atoms with Gasteiger partial charge in [-0.05, 0) is 5.19 Å². The third-order valence-electron chi connectivity index (χ3n) is 1.19. The van der Waals surface area contributed by atoms with Crippen LogP contribution in [-0.4, -0.2) is 16.1 Å². The van der Waals surface area contributed by atoms with Gasteiger partial charge < -0.3 is 4.11 Å². The average Bonchev–Trinajstić information content (AvgIpc) is 2.04. The predicted octanol–water partition coefficient (Wildman–Crippen LogP) is 0.713. The number of halogens is 1. The lowest BCUT2D eigenvalue weighted by Gasteiger charge is -1.93. The Morgan fingerprint density at radius 3 is 2.60 bits per heavy atom. The Balaban J connectivity index is 3.08. The van der Waals surface area contributed by atoms with Crippen LogP contribution < -0.4 is 5.19 Å². The Morgan fingerprint density at radius 1 is 1.40 bits per heavy atom. The van der Waals surface area contributed by atoms with Crippen LogP contribution in [0.25, 0.3) is 0 Å². The summed E-state index contributed by atoms with van der Waals surface area (Å²) in [5.74, 6) is 0. The minimum Gasteiger partial charge on any atom is -0.308 e. The summed E-state index contributed by atoms with van der Waals surface area (Å²) in [5, 5.41) is 0.484. The van der Waals surface area contributed by atoms with E-state index in [1.54, 1.807) is 24.3 Å². The van der Waals surface area contributed by atoms with Crippen molar-refractivity contribution in [1.29, 1.82) is 0 Å². The SMILES string of the molecule is O=Cc1ccccc1[Si]F. The van der Waals surface area contributed by atoms with Crippen molar-refractivity contribution in [2.75, 3.05) is 0 Å². The summed E-state index contributed by atoms with van der Waals surface area (Å²) in [6.45, 7) is 0. The smallest absolute Gasteiger partial charge is 0.308 e. The molecule has 0 saturated heterocycles. The van der Waals surface area contributed by atoms with Crippen molar-refractivity contribution in [2.24, 2.45) is 0 Å². The molecule has 3 heteroatoms. The lowest BCUT2D eigenvalue weighted by molar-refractivity contribution is 0.112. The average molecular weight is 152 g/mol. The molecule has 0 amide bonds. The van der Waals surface area contributed by atoms with Crippen LogP contribution in [0.2, 0.25) is 0 Å². The number of aldehydes is 1. The molecule has 0 unspecified atom stereocenters. The monoisotopic (exact) mass is 152 g/mol. The van der Waals surface area contributed by atoms with Gasteiger partial charge in [-0.25, -0.2) is 0 Å². The fourth-order valence-corrected chi connectivity index (χ4v) is 1.10. The highest BCUT2D eigenvalue weighted by Crippen LogP contribution is 1.90. The summed E-state index contributed by atoms with van der Waals surface area (Å²) < 4.78 is 12.0. The van der Waals surface area contributed by atoms with E-state index in [1.165, 1.54) is 0 Å². The predicted molar refractivity (Wildman–Crippen MR) is 38.3 cm³/mol. The van der Waals surface area contributed by atoms with E-state index in [1.807, 2.05) is 0 Å². The molecule has 0 aliphatic carbocycles. The van der Waals surface area contributed by atoms with Crippen molar-refractivity contribution in [3.05, 3.63) is 29.8 Å². The number of rotatable bonds is 2. The summed E-state index contributed by atoms with van der Waals surface area (Å²) in [4.78, 5) is 10.2. The standard InChI is InChI=1S/C7H5FOSi/c8-10-7-4-2-1-3-6(7)5-9/h1-5H. The molecule has 0 bridgehead atoms. The van der Waals surface area contributed by atoms with Crippen molar-refractivity contribution in [3.63, 3.8) is 0 Å². The van der Waals surface area contributed by atoms with Gasteiger partial charge in [-0.3, -0.25) is 4.79 Å². The van der Waals surface area contributed by atoms with E-state index in [0.717, 1.165) is 0 Å². The molecule has 10 heavy (non-hydrogen) atoms. The van der Waals surface area contributed by atoms with Gasteiger partial charge >= 0.3 is 9.85 Å². The van der Waals surface area contributed by atoms with Crippen molar-refractivity contribution in [2.45, 2.75) is 0 Å². The Labute approximate surface area is 60.9 Å². The van der Waals surface area contributed by atoms with E-state index < -0.39 is 9.85 Å². The van der Waals surface area contributed by atoms with Crippen LogP contribution in [0.3, 0.4) is 0 Å². The maximum Gasteiger partial charge on any atom is 0.334 e. The Kier molecular flexibility index (Phi) is 2.34. The van der Waals surface area contributed by atoms with Gasteiger partial charge in [0.15, 0.2) is 0 Å². The zero-order chi connectivity index (χ0) is 7.40. The van der Waals surface area contributed by atoms with Gasteiger partial charge in [-0.2, -0.15) is 0 Å². The maximum absolute atomic E-state index is 12.0. The molecule has 0 aliphatic heterocycles. The number of carbonyl (C=O) groups excluding carboxylic acids is 1. The van der Waals surface area contributed by atoms with Gasteiger partial charge in [0.1, 0.15) is 6.29 Å². The zero-order valence-corrected chi connectivity index (χ0v) is 6.17. The number of hydrogen-bond donors (Lipinski definition) is 0. The van der Waals surface area contributed by atoms with Gasteiger partial charge in [0, 0.05) is 5.56 Å². The second-order valence-corrected chi connectivity index (χ2v) is 2.53. The normalized spacial score (nSPS) is 9.30. The topological polar surface area (TPSA) is 17.1 Å². The molecule has 0 fully saturated rings. The highest BCUT2D eigenvalue weighted by atomic mass is 28.3. The zero-order valence-electron chi connectivity index (χ0n) is 5.17. The number of hydrogen-bond acceptors (Lipinski definition) is 1. The summed E-state index contributed by atoms with van der Waals surface area (Å²) in [6.07, 6.45) is 0.669. The molecule has 0 atom stereocenters. The summed E-state index contributed by atoms with van der Waals surface area (Å²) in [5.41, 5.74) is 0.448. The molecule has 1 aromatic carbocycles.